The molecule has 0 spiro atoms. The normalized spacial score (nSPS) is 15.4. The summed E-state index contributed by atoms with van der Waals surface area (Å²) in [6, 6.07) is 11.8. The number of nitrogens with zero attached hydrogens (tertiary/aromatic N) is 2. The van der Waals surface area contributed by atoms with Crippen molar-refractivity contribution in [3.05, 3.63) is 42.6 Å². The van der Waals surface area contributed by atoms with Gasteiger partial charge in [-0.1, -0.05) is 30.6 Å². The molecule has 3 aromatic rings. The molecule has 1 aliphatic carbocycles. The van der Waals surface area contributed by atoms with Gasteiger partial charge < -0.3 is 5.32 Å². The zero-order valence-corrected chi connectivity index (χ0v) is 14.9. The van der Waals surface area contributed by atoms with Crippen molar-refractivity contribution in [2.75, 3.05) is 5.32 Å². The Kier molecular flexibility index (Phi) is 4.74. The molecule has 5 heteroatoms. The number of carbonyl (C=O) groups is 1. The van der Waals surface area contributed by atoms with Crippen LogP contribution in [0.4, 0.5) is 5.69 Å². The molecule has 1 fully saturated rings. The molecule has 1 saturated carbocycles. The summed E-state index contributed by atoms with van der Waals surface area (Å²) in [7, 11) is 0. The molecule has 128 valence electrons. The maximum absolute atomic E-state index is 12.2. The standard InChI is InChI=1S/C20H21N3OS/c24-18(13-14-5-2-1-3-6-14)22-16-10-8-15(9-11-16)19-23-17-7-4-12-21-20(17)25-19/h4,7-12,14H,1-3,5-6,13H2,(H,22,24). The summed E-state index contributed by atoms with van der Waals surface area (Å²) in [4.78, 5) is 22.1. The van der Waals surface area contributed by atoms with Gasteiger partial charge in [0.15, 0.2) is 0 Å². The molecule has 2 heterocycles. The van der Waals surface area contributed by atoms with Gasteiger partial charge in [-0.25, -0.2) is 9.97 Å². The fourth-order valence-corrected chi connectivity index (χ4v) is 4.37. The number of benzene rings is 1. The topological polar surface area (TPSA) is 54.9 Å². The van der Waals surface area contributed by atoms with Crippen molar-refractivity contribution in [3.63, 3.8) is 0 Å². The monoisotopic (exact) mass is 351 g/mol. The zero-order chi connectivity index (χ0) is 17.1. The Morgan fingerprint density at radius 1 is 1.12 bits per heavy atom. The van der Waals surface area contributed by atoms with E-state index in [1.54, 1.807) is 17.5 Å². The van der Waals surface area contributed by atoms with Crippen LogP contribution in [0.1, 0.15) is 38.5 Å². The summed E-state index contributed by atoms with van der Waals surface area (Å²) in [5.74, 6) is 0.687. The van der Waals surface area contributed by atoms with Crippen molar-refractivity contribution in [2.24, 2.45) is 5.92 Å². The minimum atomic E-state index is 0.129. The zero-order valence-electron chi connectivity index (χ0n) is 14.1. The second kappa shape index (κ2) is 7.31. The van der Waals surface area contributed by atoms with E-state index in [0.29, 0.717) is 12.3 Å². The number of fused-ring (bicyclic) bond motifs is 1. The fourth-order valence-electron chi connectivity index (χ4n) is 3.45. The van der Waals surface area contributed by atoms with E-state index in [4.69, 9.17) is 0 Å². The molecule has 0 unspecified atom stereocenters. The maximum Gasteiger partial charge on any atom is 0.224 e. The van der Waals surface area contributed by atoms with Crippen molar-refractivity contribution in [3.8, 4) is 10.6 Å². The first-order valence-corrected chi connectivity index (χ1v) is 9.71. The summed E-state index contributed by atoms with van der Waals surface area (Å²) in [5, 5.41) is 3.98. The smallest absolute Gasteiger partial charge is 0.224 e. The number of aromatic nitrogens is 2. The number of nitrogens with one attached hydrogen (secondary N) is 1. The van der Waals surface area contributed by atoms with Gasteiger partial charge in [0, 0.05) is 23.9 Å². The Morgan fingerprint density at radius 2 is 1.92 bits per heavy atom. The molecule has 2 aromatic heterocycles. The van der Waals surface area contributed by atoms with Crippen LogP contribution in [0.2, 0.25) is 0 Å². The second-order valence-electron chi connectivity index (χ2n) is 6.68. The predicted octanol–water partition coefficient (Wildman–Crippen LogP) is 5.27. The van der Waals surface area contributed by atoms with E-state index >= 15 is 0 Å². The van der Waals surface area contributed by atoms with E-state index in [0.717, 1.165) is 26.6 Å². The molecular weight excluding hydrogens is 330 g/mol. The molecule has 4 rings (SSSR count). The highest BCUT2D eigenvalue weighted by molar-refractivity contribution is 7.21. The highest BCUT2D eigenvalue weighted by atomic mass is 32.1. The van der Waals surface area contributed by atoms with Crippen LogP contribution in [0.5, 0.6) is 0 Å². The van der Waals surface area contributed by atoms with Gasteiger partial charge in [0.1, 0.15) is 15.4 Å². The van der Waals surface area contributed by atoms with E-state index in [-0.39, 0.29) is 5.91 Å². The fraction of sp³-hybridized carbons (Fsp3) is 0.350. The van der Waals surface area contributed by atoms with Gasteiger partial charge in [0.25, 0.3) is 0 Å². The Balaban J connectivity index is 1.41. The van der Waals surface area contributed by atoms with Crippen molar-refractivity contribution < 1.29 is 4.79 Å². The van der Waals surface area contributed by atoms with Crippen LogP contribution in [-0.4, -0.2) is 15.9 Å². The van der Waals surface area contributed by atoms with Crippen molar-refractivity contribution in [1.29, 1.82) is 0 Å². The molecule has 1 amide bonds. The number of amides is 1. The minimum Gasteiger partial charge on any atom is -0.326 e. The molecule has 0 aliphatic heterocycles. The van der Waals surface area contributed by atoms with Crippen LogP contribution in [0.25, 0.3) is 20.9 Å². The van der Waals surface area contributed by atoms with Crippen LogP contribution >= 0.6 is 11.3 Å². The van der Waals surface area contributed by atoms with Crippen molar-refractivity contribution in [1.82, 2.24) is 9.97 Å². The maximum atomic E-state index is 12.2. The molecule has 1 N–H and O–H groups in total. The van der Waals surface area contributed by atoms with Gasteiger partial charge in [0.05, 0.1) is 0 Å². The minimum absolute atomic E-state index is 0.129. The molecule has 4 nitrogen and oxygen atoms in total. The first-order chi connectivity index (χ1) is 12.3. The molecule has 1 aliphatic rings. The summed E-state index contributed by atoms with van der Waals surface area (Å²) in [6.45, 7) is 0. The quantitative estimate of drug-likeness (QED) is 0.697. The van der Waals surface area contributed by atoms with Gasteiger partial charge in [-0.3, -0.25) is 4.79 Å². The van der Waals surface area contributed by atoms with Crippen LogP contribution < -0.4 is 5.32 Å². The third-order valence-electron chi connectivity index (χ3n) is 4.78. The largest absolute Gasteiger partial charge is 0.326 e. The van der Waals surface area contributed by atoms with Gasteiger partial charge in [-0.2, -0.15) is 0 Å². The van der Waals surface area contributed by atoms with Crippen LogP contribution in [0, 0.1) is 5.92 Å². The summed E-state index contributed by atoms with van der Waals surface area (Å²) in [6.07, 6.45) is 8.67. The number of hydrogen-bond acceptors (Lipinski definition) is 4. The van der Waals surface area contributed by atoms with Crippen LogP contribution in [0.3, 0.4) is 0 Å². The average Bonchev–Trinajstić information content (AvgIpc) is 3.07. The summed E-state index contributed by atoms with van der Waals surface area (Å²) in [5.41, 5.74) is 2.82. The van der Waals surface area contributed by atoms with Gasteiger partial charge >= 0.3 is 0 Å². The Labute approximate surface area is 151 Å². The molecule has 0 bridgehead atoms. The van der Waals surface area contributed by atoms with Gasteiger partial charge in [-0.05, 0) is 55.2 Å². The molecule has 1 aromatic carbocycles. The Bertz CT molecular complexity index is 833. The third-order valence-corrected chi connectivity index (χ3v) is 5.81. The van der Waals surface area contributed by atoms with Gasteiger partial charge in [0.2, 0.25) is 5.91 Å². The molecule has 25 heavy (non-hydrogen) atoms. The lowest BCUT2D eigenvalue weighted by Gasteiger charge is -2.20. The summed E-state index contributed by atoms with van der Waals surface area (Å²) < 4.78 is 0. The number of anilines is 1. The lowest BCUT2D eigenvalue weighted by atomic mass is 9.87. The van der Waals surface area contributed by atoms with Crippen LogP contribution in [0.15, 0.2) is 42.6 Å². The van der Waals surface area contributed by atoms with E-state index < -0.39 is 0 Å². The Morgan fingerprint density at radius 3 is 2.68 bits per heavy atom. The van der Waals surface area contributed by atoms with E-state index in [1.165, 1.54) is 32.1 Å². The van der Waals surface area contributed by atoms with E-state index in [2.05, 4.69) is 15.3 Å². The third kappa shape index (κ3) is 3.87. The lowest BCUT2D eigenvalue weighted by molar-refractivity contribution is -0.117. The van der Waals surface area contributed by atoms with Crippen LogP contribution in [-0.2, 0) is 4.79 Å². The molecule has 0 atom stereocenters. The molecule has 0 saturated heterocycles. The van der Waals surface area contributed by atoms with Gasteiger partial charge in [-0.15, -0.1) is 0 Å². The Hall–Kier alpha value is -2.27. The van der Waals surface area contributed by atoms with Crippen molar-refractivity contribution in [2.45, 2.75) is 38.5 Å². The van der Waals surface area contributed by atoms with Crippen molar-refractivity contribution >= 4 is 33.3 Å². The summed E-state index contributed by atoms with van der Waals surface area (Å²) >= 11 is 1.58. The first kappa shape index (κ1) is 16.2. The SMILES string of the molecule is O=C(CC1CCCCC1)Nc1ccc(-c2nc3cccnc3s2)cc1. The van der Waals surface area contributed by atoms with E-state index in [1.807, 2.05) is 36.4 Å². The van der Waals surface area contributed by atoms with E-state index in [9.17, 15) is 4.79 Å². The number of carbonyl (C=O) groups excluding carboxylic acids is 1. The number of thiazole rings is 1. The number of rotatable bonds is 4. The first-order valence-electron chi connectivity index (χ1n) is 8.90. The molecular formula is C20H21N3OS. The lowest BCUT2D eigenvalue weighted by Crippen LogP contribution is -2.18. The predicted molar refractivity (Wildman–Crippen MR) is 103 cm³/mol. The highest BCUT2D eigenvalue weighted by Gasteiger charge is 2.17. The number of hydrogen-bond donors (Lipinski definition) is 1. The molecule has 0 radical (unpaired) electrons. The number of pyridine rings is 1. The highest BCUT2D eigenvalue weighted by Crippen LogP contribution is 2.30. The average molecular weight is 351 g/mol. The second-order valence-corrected chi connectivity index (χ2v) is 7.66.